The molecule has 1 atom stereocenters. The molecule has 0 radical (unpaired) electrons. The lowest BCUT2D eigenvalue weighted by Crippen LogP contribution is -2.39. The zero-order chi connectivity index (χ0) is 15.3. The minimum atomic E-state index is -0.651. The van der Waals surface area contributed by atoms with Gasteiger partial charge >= 0.3 is 0 Å². The highest BCUT2D eigenvalue weighted by molar-refractivity contribution is 6.03. The number of anilines is 1. The van der Waals surface area contributed by atoms with Gasteiger partial charge in [0.05, 0.1) is 23.3 Å². The lowest BCUT2D eigenvalue weighted by Gasteiger charge is -2.18. The van der Waals surface area contributed by atoms with Crippen molar-refractivity contribution in [2.75, 3.05) is 12.3 Å². The SMILES string of the molecule is CC(C)CC(CO)NC(=O)c1c(N)cccc1[N+](=O)[O-]. The van der Waals surface area contributed by atoms with Crippen molar-refractivity contribution in [1.82, 2.24) is 5.32 Å². The third-order valence-electron chi connectivity index (χ3n) is 2.81. The summed E-state index contributed by atoms with van der Waals surface area (Å²) in [5.74, 6) is -0.370. The highest BCUT2D eigenvalue weighted by atomic mass is 16.6. The van der Waals surface area contributed by atoms with Crippen molar-refractivity contribution in [2.45, 2.75) is 26.3 Å². The van der Waals surface area contributed by atoms with Gasteiger partial charge in [0, 0.05) is 6.07 Å². The Kier molecular flexibility index (Phi) is 5.45. The number of nitrogens with zero attached hydrogens (tertiary/aromatic N) is 1. The quantitative estimate of drug-likeness (QED) is 0.412. The molecule has 1 amide bonds. The highest BCUT2D eigenvalue weighted by Gasteiger charge is 2.24. The number of rotatable bonds is 6. The topological polar surface area (TPSA) is 118 Å². The van der Waals surface area contributed by atoms with Crippen LogP contribution in [-0.2, 0) is 0 Å². The molecule has 7 nitrogen and oxygen atoms in total. The number of nitrogens with two attached hydrogens (primary N) is 1. The normalized spacial score (nSPS) is 12.2. The van der Waals surface area contributed by atoms with Crippen LogP contribution in [0.1, 0.15) is 30.6 Å². The summed E-state index contributed by atoms with van der Waals surface area (Å²) >= 11 is 0. The molecule has 1 aromatic carbocycles. The van der Waals surface area contributed by atoms with Crippen molar-refractivity contribution < 1.29 is 14.8 Å². The van der Waals surface area contributed by atoms with Crippen molar-refractivity contribution in [3.8, 4) is 0 Å². The van der Waals surface area contributed by atoms with Crippen molar-refractivity contribution in [1.29, 1.82) is 0 Å². The van der Waals surface area contributed by atoms with Crippen molar-refractivity contribution in [3.63, 3.8) is 0 Å². The Morgan fingerprint density at radius 2 is 2.15 bits per heavy atom. The van der Waals surface area contributed by atoms with Gasteiger partial charge in [0.2, 0.25) is 0 Å². The van der Waals surface area contributed by atoms with E-state index < -0.39 is 16.9 Å². The second-order valence-electron chi connectivity index (χ2n) is 4.98. The van der Waals surface area contributed by atoms with Crippen LogP contribution >= 0.6 is 0 Å². The fraction of sp³-hybridized carbons (Fsp3) is 0.462. The number of hydrogen-bond donors (Lipinski definition) is 3. The summed E-state index contributed by atoms with van der Waals surface area (Å²) < 4.78 is 0. The van der Waals surface area contributed by atoms with E-state index >= 15 is 0 Å². The van der Waals surface area contributed by atoms with Gasteiger partial charge in [-0.05, 0) is 18.4 Å². The average Bonchev–Trinajstić information content (AvgIpc) is 2.36. The van der Waals surface area contributed by atoms with Gasteiger partial charge in [0.1, 0.15) is 5.56 Å². The van der Waals surface area contributed by atoms with Crippen molar-refractivity contribution >= 4 is 17.3 Å². The molecular weight excluding hydrogens is 262 g/mol. The molecular formula is C13H19N3O4. The number of carbonyl (C=O) groups is 1. The van der Waals surface area contributed by atoms with E-state index in [4.69, 9.17) is 5.73 Å². The molecule has 110 valence electrons. The summed E-state index contributed by atoms with van der Waals surface area (Å²) in [6.45, 7) is 3.67. The molecule has 0 spiro atoms. The van der Waals surface area contributed by atoms with Gasteiger partial charge in [0.25, 0.3) is 11.6 Å². The molecule has 1 unspecified atom stereocenters. The number of nitrogens with one attached hydrogen (secondary N) is 1. The van der Waals surface area contributed by atoms with E-state index in [1.54, 1.807) is 0 Å². The second kappa shape index (κ2) is 6.85. The highest BCUT2D eigenvalue weighted by Crippen LogP contribution is 2.24. The molecule has 4 N–H and O–H groups in total. The van der Waals surface area contributed by atoms with E-state index in [9.17, 15) is 20.0 Å². The molecule has 0 saturated carbocycles. The van der Waals surface area contributed by atoms with E-state index in [0.717, 1.165) is 0 Å². The van der Waals surface area contributed by atoms with E-state index in [0.29, 0.717) is 6.42 Å². The summed E-state index contributed by atoms with van der Waals surface area (Å²) in [4.78, 5) is 22.4. The Bertz CT molecular complexity index is 502. The van der Waals surface area contributed by atoms with Crippen LogP contribution in [0.15, 0.2) is 18.2 Å². The van der Waals surface area contributed by atoms with Crippen LogP contribution in [0.4, 0.5) is 11.4 Å². The van der Waals surface area contributed by atoms with Crippen LogP contribution in [0.5, 0.6) is 0 Å². The number of aliphatic hydroxyl groups excluding tert-OH is 1. The van der Waals surface area contributed by atoms with Gasteiger partial charge in [-0.3, -0.25) is 14.9 Å². The molecule has 20 heavy (non-hydrogen) atoms. The fourth-order valence-corrected chi connectivity index (χ4v) is 1.96. The first-order valence-electron chi connectivity index (χ1n) is 6.31. The monoisotopic (exact) mass is 281 g/mol. The molecule has 1 rings (SSSR count). The Morgan fingerprint density at radius 1 is 1.50 bits per heavy atom. The van der Waals surface area contributed by atoms with E-state index in [1.165, 1.54) is 18.2 Å². The lowest BCUT2D eigenvalue weighted by atomic mass is 10.0. The maximum Gasteiger partial charge on any atom is 0.284 e. The smallest absolute Gasteiger partial charge is 0.284 e. The fourth-order valence-electron chi connectivity index (χ4n) is 1.96. The van der Waals surface area contributed by atoms with Crippen LogP contribution < -0.4 is 11.1 Å². The summed E-state index contributed by atoms with van der Waals surface area (Å²) in [6.07, 6.45) is 0.572. The molecule has 0 aromatic heterocycles. The molecule has 0 aliphatic rings. The number of hydrogen-bond acceptors (Lipinski definition) is 5. The first kappa shape index (κ1) is 15.9. The molecule has 0 heterocycles. The van der Waals surface area contributed by atoms with E-state index in [2.05, 4.69) is 5.32 Å². The number of amides is 1. The zero-order valence-corrected chi connectivity index (χ0v) is 11.5. The van der Waals surface area contributed by atoms with Crippen LogP contribution in [0.25, 0.3) is 0 Å². The Balaban J connectivity index is 3.00. The van der Waals surface area contributed by atoms with E-state index in [-0.39, 0.29) is 29.5 Å². The van der Waals surface area contributed by atoms with Crippen LogP contribution in [0.2, 0.25) is 0 Å². The number of benzene rings is 1. The maximum absolute atomic E-state index is 12.1. The summed E-state index contributed by atoms with van der Waals surface area (Å²) in [7, 11) is 0. The second-order valence-corrected chi connectivity index (χ2v) is 4.98. The minimum absolute atomic E-state index is 0.0398. The van der Waals surface area contributed by atoms with E-state index in [1.807, 2.05) is 13.8 Å². The van der Waals surface area contributed by atoms with Gasteiger partial charge in [-0.2, -0.15) is 0 Å². The van der Waals surface area contributed by atoms with Crippen LogP contribution in [0, 0.1) is 16.0 Å². The third kappa shape index (κ3) is 3.92. The van der Waals surface area contributed by atoms with Crippen molar-refractivity contribution in [3.05, 3.63) is 33.9 Å². The molecule has 0 saturated heterocycles. The molecule has 0 aliphatic heterocycles. The van der Waals surface area contributed by atoms with Gasteiger partial charge in [-0.1, -0.05) is 19.9 Å². The molecule has 1 aromatic rings. The number of nitro groups is 1. The standard InChI is InChI=1S/C13H19N3O4/c1-8(2)6-9(7-17)15-13(18)12-10(14)4-3-5-11(12)16(19)20/h3-5,8-9,17H,6-7,14H2,1-2H3,(H,15,18). The third-order valence-corrected chi connectivity index (χ3v) is 2.81. The van der Waals surface area contributed by atoms with Gasteiger partial charge in [0.15, 0.2) is 0 Å². The zero-order valence-electron chi connectivity index (χ0n) is 11.5. The summed E-state index contributed by atoms with van der Waals surface area (Å²) in [6, 6.07) is 3.61. The Hall–Kier alpha value is -2.15. The summed E-state index contributed by atoms with van der Waals surface area (Å²) in [5.41, 5.74) is 5.18. The molecule has 0 aliphatic carbocycles. The number of aliphatic hydroxyl groups is 1. The predicted molar refractivity (Wildman–Crippen MR) is 75.3 cm³/mol. The predicted octanol–water partition coefficient (Wildman–Crippen LogP) is 1.31. The van der Waals surface area contributed by atoms with Gasteiger partial charge in [-0.25, -0.2) is 0 Å². The summed E-state index contributed by atoms with van der Waals surface area (Å²) in [5, 5.41) is 22.7. The molecule has 0 bridgehead atoms. The Labute approximate surface area is 116 Å². The largest absolute Gasteiger partial charge is 0.398 e. The minimum Gasteiger partial charge on any atom is -0.398 e. The molecule has 0 fully saturated rings. The van der Waals surface area contributed by atoms with Gasteiger partial charge in [-0.15, -0.1) is 0 Å². The Morgan fingerprint density at radius 3 is 2.65 bits per heavy atom. The number of nitrogen functional groups attached to an aromatic ring is 1. The van der Waals surface area contributed by atoms with Crippen LogP contribution in [0.3, 0.4) is 0 Å². The number of nitro benzene ring substituents is 1. The van der Waals surface area contributed by atoms with Crippen molar-refractivity contribution in [2.24, 2.45) is 5.92 Å². The van der Waals surface area contributed by atoms with Crippen LogP contribution in [-0.4, -0.2) is 28.6 Å². The number of carbonyl (C=O) groups excluding carboxylic acids is 1. The average molecular weight is 281 g/mol. The first-order chi connectivity index (χ1) is 9.36. The van der Waals surface area contributed by atoms with Gasteiger partial charge < -0.3 is 16.2 Å². The first-order valence-corrected chi connectivity index (χ1v) is 6.31. The lowest BCUT2D eigenvalue weighted by molar-refractivity contribution is -0.385. The molecule has 7 heteroatoms. The maximum atomic E-state index is 12.1.